The summed E-state index contributed by atoms with van der Waals surface area (Å²) in [6.07, 6.45) is 2.56. The van der Waals surface area contributed by atoms with Crippen molar-refractivity contribution in [3.63, 3.8) is 0 Å². The monoisotopic (exact) mass is 176 g/mol. The molecule has 0 bridgehead atoms. The summed E-state index contributed by atoms with van der Waals surface area (Å²) in [4.78, 5) is 10.6. The summed E-state index contributed by atoms with van der Waals surface area (Å²) in [6.45, 7) is -0.196. The fourth-order valence-corrected chi connectivity index (χ4v) is 1.08. The van der Waals surface area contributed by atoms with E-state index in [0.717, 1.165) is 12.8 Å². The minimum atomic E-state index is -0.125. The van der Waals surface area contributed by atoms with Gasteiger partial charge in [-0.3, -0.25) is 4.79 Å². The molecular formula is C8H16O4. The number of Topliss-reactive ketones (excluding diaryl/α,β-unsaturated/α-hetero) is 1. The number of hydrogen-bond acceptors (Lipinski definition) is 4. The Morgan fingerprint density at radius 2 is 1.83 bits per heavy atom. The highest BCUT2D eigenvalue weighted by Gasteiger charge is 2.22. The highest BCUT2D eigenvalue weighted by molar-refractivity contribution is 5.82. The van der Waals surface area contributed by atoms with Gasteiger partial charge in [0.05, 0.1) is 19.8 Å². The van der Waals surface area contributed by atoms with E-state index in [-0.39, 0.29) is 31.5 Å². The molecule has 0 aromatic carbocycles. The van der Waals surface area contributed by atoms with Crippen LogP contribution in [0.4, 0.5) is 0 Å². The zero-order chi connectivity index (χ0) is 9.40. The Kier molecular flexibility index (Phi) is 6.94. The van der Waals surface area contributed by atoms with E-state index >= 15 is 0 Å². The van der Waals surface area contributed by atoms with Crippen LogP contribution < -0.4 is 0 Å². The summed E-state index contributed by atoms with van der Waals surface area (Å²) in [6, 6.07) is 0. The molecule has 4 nitrogen and oxygen atoms in total. The molecule has 0 aliphatic heterocycles. The molecule has 1 atom stereocenters. The van der Waals surface area contributed by atoms with Gasteiger partial charge >= 0.3 is 0 Å². The summed E-state index contributed by atoms with van der Waals surface area (Å²) < 4.78 is 0. The first-order chi connectivity index (χ1) is 5.76. The van der Waals surface area contributed by atoms with Crippen LogP contribution in [0.5, 0.6) is 0 Å². The van der Waals surface area contributed by atoms with Crippen molar-refractivity contribution in [1.82, 2.24) is 0 Å². The number of carbonyl (C=O) groups is 1. The normalized spacial score (nSPS) is 21.9. The minimum Gasteiger partial charge on any atom is -0.396 e. The minimum absolute atomic E-state index is 0.0185. The molecule has 72 valence electrons. The predicted octanol–water partition coefficient (Wildman–Crippen LogP) is -0.681. The van der Waals surface area contributed by atoms with Gasteiger partial charge in [-0.25, -0.2) is 0 Å². The maximum absolute atomic E-state index is 10.6. The Morgan fingerprint density at radius 3 is 2.00 bits per heavy atom. The highest BCUT2D eigenvalue weighted by Crippen LogP contribution is 2.19. The van der Waals surface area contributed by atoms with Gasteiger partial charge in [-0.2, -0.15) is 0 Å². The average Bonchev–Trinajstić information content (AvgIpc) is 2.51. The van der Waals surface area contributed by atoms with Crippen molar-refractivity contribution in [3.05, 3.63) is 0 Å². The molecule has 0 amide bonds. The zero-order valence-electron chi connectivity index (χ0n) is 7.07. The maximum Gasteiger partial charge on any atom is 0.138 e. The van der Waals surface area contributed by atoms with Gasteiger partial charge in [-0.05, 0) is 12.8 Å². The molecule has 1 aliphatic carbocycles. The average molecular weight is 176 g/mol. The third-order valence-corrected chi connectivity index (χ3v) is 1.75. The zero-order valence-corrected chi connectivity index (χ0v) is 7.07. The largest absolute Gasteiger partial charge is 0.396 e. The molecule has 4 heteroatoms. The van der Waals surface area contributed by atoms with Gasteiger partial charge in [-0.15, -0.1) is 0 Å². The van der Waals surface area contributed by atoms with Gasteiger partial charge in [0, 0.05) is 12.3 Å². The Morgan fingerprint density at radius 1 is 1.25 bits per heavy atom. The van der Waals surface area contributed by atoms with Crippen LogP contribution in [-0.4, -0.2) is 40.9 Å². The number of ketones is 1. The molecule has 1 rings (SSSR count). The van der Waals surface area contributed by atoms with Crippen LogP contribution in [0.1, 0.15) is 19.3 Å². The second kappa shape index (κ2) is 7.21. The molecule has 12 heavy (non-hydrogen) atoms. The van der Waals surface area contributed by atoms with Gasteiger partial charge < -0.3 is 15.3 Å². The molecule has 1 aliphatic rings. The molecule has 1 fully saturated rings. The summed E-state index contributed by atoms with van der Waals surface area (Å²) in [5.74, 6) is 0.225. The third-order valence-electron chi connectivity index (χ3n) is 1.75. The standard InChI is InChI=1S/C6H10O2.C2H6O2/c7-4-5-2-1-3-6(5)8;3-1-2-4/h5,7H,1-4H2;3-4H,1-2H2. The Hall–Kier alpha value is -0.450. The molecule has 0 saturated heterocycles. The molecule has 0 aromatic rings. The number of rotatable bonds is 2. The first-order valence-electron chi connectivity index (χ1n) is 4.11. The fourth-order valence-electron chi connectivity index (χ4n) is 1.08. The van der Waals surface area contributed by atoms with Crippen molar-refractivity contribution >= 4 is 5.78 Å². The molecule has 3 N–H and O–H groups in total. The van der Waals surface area contributed by atoms with E-state index in [1.54, 1.807) is 0 Å². The number of aliphatic hydroxyl groups excluding tert-OH is 3. The van der Waals surface area contributed by atoms with E-state index in [1.165, 1.54) is 0 Å². The van der Waals surface area contributed by atoms with Gasteiger partial charge in [0.15, 0.2) is 0 Å². The van der Waals surface area contributed by atoms with Crippen molar-refractivity contribution in [3.8, 4) is 0 Å². The molecule has 1 saturated carbocycles. The lowest BCUT2D eigenvalue weighted by atomic mass is 10.1. The first-order valence-corrected chi connectivity index (χ1v) is 4.11. The van der Waals surface area contributed by atoms with Crippen LogP contribution >= 0.6 is 0 Å². The molecule has 0 spiro atoms. The molecule has 0 radical (unpaired) electrons. The van der Waals surface area contributed by atoms with Crippen LogP contribution in [0.3, 0.4) is 0 Å². The van der Waals surface area contributed by atoms with Crippen LogP contribution in [0.2, 0.25) is 0 Å². The second-order valence-electron chi connectivity index (χ2n) is 2.69. The van der Waals surface area contributed by atoms with Gasteiger partial charge in [0.25, 0.3) is 0 Å². The van der Waals surface area contributed by atoms with Gasteiger partial charge in [0.1, 0.15) is 5.78 Å². The number of aliphatic hydroxyl groups is 3. The van der Waals surface area contributed by atoms with Crippen molar-refractivity contribution in [2.45, 2.75) is 19.3 Å². The Bertz CT molecular complexity index is 122. The smallest absolute Gasteiger partial charge is 0.138 e. The van der Waals surface area contributed by atoms with Gasteiger partial charge in [0.2, 0.25) is 0 Å². The molecule has 0 aromatic heterocycles. The molecular weight excluding hydrogens is 160 g/mol. The predicted molar refractivity (Wildman–Crippen MR) is 43.6 cm³/mol. The Balaban J connectivity index is 0.000000261. The van der Waals surface area contributed by atoms with Crippen LogP contribution in [0.15, 0.2) is 0 Å². The lowest BCUT2D eigenvalue weighted by Crippen LogP contribution is -2.09. The van der Waals surface area contributed by atoms with E-state index in [2.05, 4.69) is 0 Å². The van der Waals surface area contributed by atoms with E-state index in [9.17, 15) is 4.79 Å². The maximum atomic E-state index is 10.6. The third kappa shape index (κ3) is 4.43. The summed E-state index contributed by atoms with van der Waals surface area (Å²) in [5.41, 5.74) is 0. The molecule has 0 heterocycles. The van der Waals surface area contributed by atoms with Crippen LogP contribution in [0.25, 0.3) is 0 Å². The van der Waals surface area contributed by atoms with Crippen molar-refractivity contribution in [2.24, 2.45) is 5.92 Å². The lowest BCUT2D eigenvalue weighted by Gasteiger charge is -1.98. The van der Waals surface area contributed by atoms with Crippen LogP contribution in [0, 0.1) is 5.92 Å². The number of carbonyl (C=O) groups excluding carboxylic acids is 1. The number of hydrogen-bond donors (Lipinski definition) is 3. The first kappa shape index (κ1) is 11.6. The van der Waals surface area contributed by atoms with Gasteiger partial charge in [-0.1, -0.05) is 0 Å². The van der Waals surface area contributed by atoms with Crippen molar-refractivity contribution in [1.29, 1.82) is 0 Å². The summed E-state index contributed by atoms with van der Waals surface area (Å²) >= 11 is 0. The summed E-state index contributed by atoms with van der Waals surface area (Å²) in [7, 11) is 0. The van der Waals surface area contributed by atoms with E-state index in [0.29, 0.717) is 6.42 Å². The summed E-state index contributed by atoms with van der Waals surface area (Å²) in [5, 5.41) is 23.8. The topological polar surface area (TPSA) is 77.8 Å². The van der Waals surface area contributed by atoms with E-state index < -0.39 is 0 Å². The van der Waals surface area contributed by atoms with Crippen molar-refractivity contribution in [2.75, 3.05) is 19.8 Å². The van der Waals surface area contributed by atoms with E-state index in [4.69, 9.17) is 15.3 Å². The van der Waals surface area contributed by atoms with E-state index in [1.807, 2.05) is 0 Å². The SMILES string of the molecule is O=C1CCCC1CO.OCCO. The molecule has 1 unspecified atom stereocenters. The fraction of sp³-hybridized carbons (Fsp3) is 0.875. The van der Waals surface area contributed by atoms with Crippen molar-refractivity contribution < 1.29 is 20.1 Å². The highest BCUT2D eigenvalue weighted by atomic mass is 16.3. The lowest BCUT2D eigenvalue weighted by molar-refractivity contribution is -0.121. The van der Waals surface area contributed by atoms with Crippen LogP contribution in [-0.2, 0) is 4.79 Å². The second-order valence-corrected chi connectivity index (χ2v) is 2.69. The Labute approximate surface area is 71.8 Å². The quantitative estimate of drug-likeness (QED) is 0.521.